The summed E-state index contributed by atoms with van der Waals surface area (Å²) in [5.74, 6) is 0. The molecule has 1 aromatic rings. The van der Waals surface area contributed by atoms with Crippen molar-refractivity contribution >= 4 is 11.3 Å². The maximum Gasteiger partial charge on any atom is 0.174 e. The van der Waals surface area contributed by atoms with Crippen LogP contribution in [0.15, 0.2) is 6.07 Å². The van der Waals surface area contributed by atoms with Gasteiger partial charge >= 0.3 is 0 Å². The monoisotopic (exact) mass is 153 g/mol. The number of ether oxygens (including phenoxy) is 1. The van der Waals surface area contributed by atoms with Crippen LogP contribution in [0, 0.1) is 18.3 Å². The third kappa shape index (κ3) is 1.12. The van der Waals surface area contributed by atoms with Crippen LogP contribution in [0.5, 0.6) is 5.06 Å². The SMILES string of the molecule is COc1cc(C#N)c(C)s1. The van der Waals surface area contributed by atoms with E-state index >= 15 is 0 Å². The molecule has 1 heterocycles. The normalized spacial score (nSPS) is 8.90. The number of rotatable bonds is 1. The van der Waals surface area contributed by atoms with E-state index in [4.69, 9.17) is 10.00 Å². The first kappa shape index (κ1) is 7.10. The van der Waals surface area contributed by atoms with Crippen molar-refractivity contribution in [2.45, 2.75) is 6.92 Å². The summed E-state index contributed by atoms with van der Waals surface area (Å²) < 4.78 is 4.94. The number of nitrogens with zero attached hydrogens (tertiary/aromatic N) is 1. The van der Waals surface area contributed by atoms with Gasteiger partial charge in [0, 0.05) is 10.9 Å². The summed E-state index contributed by atoms with van der Waals surface area (Å²) in [6, 6.07) is 3.83. The van der Waals surface area contributed by atoms with E-state index in [9.17, 15) is 0 Å². The molecule has 0 fully saturated rings. The minimum absolute atomic E-state index is 0.710. The van der Waals surface area contributed by atoms with Gasteiger partial charge in [0.25, 0.3) is 0 Å². The summed E-state index contributed by atoms with van der Waals surface area (Å²) in [6.07, 6.45) is 0. The van der Waals surface area contributed by atoms with E-state index < -0.39 is 0 Å². The highest BCUT2D eigenvalue weighted by atomic mass is 32.1. The molecule has 0 aromatic carbocycles. The molecule has 2 nitrogen and oxygen atoms in total. The first-order chi connectivity index (χ1) is 4.77. The summed E-state index contributed by atoms with van der Waals surface area (Å²) >= 11 is 1.49. The van der Waals surface area contributed by atoms with Crippen LogP contribution in [0.4, 0.5) is 0 Å². The van der Waals surface area contributed by atoms with Crippen LogP contribution >= 0.6 is 11.3 Å². The molecule has 0 amide bonds. The molecule has 0 unspecified atom stereocenters. The zero-order valence-electron chi connectivity index (χ0n) is 5.84. The molecule has 0 atom stereocenters. The number of nitriles is 1. The van der Waals surface area contributed by atoms with Crippen LogP contribution in [0.3, 0.4) is 0 Å². The van der Waals surface area contributed by atoms with Crippen LogP contribution in [0.1, 0.15) is 10.4 Å². The van der Waals surface area contributed by atoms with E-state index in [0.29, 0.717) is 5.56 Å². The second-order valence-electron chi connectivity index (χ2n) is 1.85. The lowest BCUT2D eigenvalue weighted by Gasteiger charge is -1.87. The van der Waals surface area contributed by atoms with Crippen LogP contribution in [0.2, 0.25) is 0 Å². The Labute approximate surface area is 63.7 Å². The van der Waals surface area contributed by atoms with Crippen LogP contribution in [-0.2, 0) is 0 Å². The van der Waals surface area contributed by atoms with Gasteiger partial charge in [-0.15, -0.1) is 11.3 Å². The Morgan fingerprint density at radius 3 is 2.70 bits per heavy atom. The van der Waals surface area contributed by atoms with Crippen molar-refractivity contribution in [2.24, 2.45) is 0 Å². The van der Waals surface area contributed by atoms with Gasteiger partial charge in [0.2, 0.25) is 0 Å². The predicted octanol–water partition coefficient (Wildman–Crippen LogP) is 1.94. The highest BCUT2D eigenvalue weighted by molar-refractivity contribution is 7.14. The number of thiophene rings is 1. The Hall–Kier alpha value is -1.01. The Bertz CT molecular complexity index is 272. The van der Waals surface area contributed by atoms with Gasteiger partial charge in [-0.05, 0) is 6.92 Å². The van der Waals surface area contributed by atoms with Gasteiger partial charge in [-0.3, -0.25) is 0 Å². The standard InChI is InChI=1S/C7H7NOS/c1-5-6(4-8)3-7(9-2)10-5/h3H,1-2H3. The van der Waals surface area contributed by atoms with Crippen molar-refractivity contribution in [1.29, 1.82) is 5.26 Å². The lowest BCUT2D eigenvalue weighted by Crippen LogP contribution is -1.74. The van der Waals surface area contributed by atoms with Crippen LogP contribution in [-0.4, -0.2) is 7.11 Å². The van der Waals surface area contributed by atoms with Crippen molar-refractivity contribution < 1.29 is 4.74 Å². The highest BCUT2D eigenvalue weighted by Crippen LogP contribution is 2.27. The second kappa shape index (κ2) is 2.72. The summed E-state index contributed by atoms with van der Waals surface area (Å²) in [6.45, 7) is 1.91. The van der Waals surface area contributed by atoms with Gasteiger partial charge in [-0.2, -0.15) is 5.26 Å². The molecule has 0 aliphatic carbocycles. The maximum atomic E-state index is 8.53. The van der Waals surface area contributed by atoms with Crippen LogP contribution in [0.25, 0.3) is 0 Å². The topological polar surface area (TPSA) is 33.0 Å². The number of hydrogen-bond acceptors (Lipinski definition) is 3. The molecule has 0 bridgehead atoms. The molecule has 3 heteroatoms. The van der Waals surface area contributed by atoms with Gasteiger partial charge in [0.05, 0.1) is 12.7 Å². The van der Waals surface area contributed by atoms with Gasteiger partial charge in [0.1, 0.15) is 6.07 Å². The fraction of sp³-hybridized carbons (Fsp3) is 0.286. The van der Waals surface area contributed by atoms with Crippen molar-refractivity contribution in [3.63, 3.8) is 0 Å². The minimum atomic E-state index is 0.710. The predicted molar refractivity (Wildman–Crippen MR) is 40.3 cm³/mol. The van der Waals surface area contributed by atoms with Crippen molar-refractivity contribution in [3.8, 4) is 11.1 Å². The lowest BCUT2D eigenvalue weighted by molar-refractivity contribution is 0.427. The largest absolute Gasteiger partial charge is 0.487 e. The zero-order valence-corrected chi connectivity index (χ0v) is 6.66. The van der Waals surface area contributed by atoms with Crippen LogP contribution < -0.4 is 4.74 Å². The molecule has 0 spiro atoms. The molecular weight excluding hydrogens is 146 g/mol. The Kier molecular flexibility index (Phi) is 1.93. The third-order valence-electron chi connectivity index (χ3n) is 1.22. The van der Waals surface area contributed by atoms with E-state index in [-0.39, 0.29) is 0 Å². The van der Waals surface area contributed by atoms with Gasteiger partial charge in [0.15, 0.2) is 5.06 Å². The molecule has 0 aliphatic heterocycles. The van der Waals surface area contributed by atoms with E-state index in [1.54, 1.807) is 13.2 Å². The molecule has 0 saturated heterocycles. The van der Waals surface area contributed by atoms with Gasteiger partial charge in [-0.1, -0.05) is 0 Å². The molecule has 10 heavy (non-hydrogen) atoms. The number of aryl methyl sites for hydroxylation is 1. The number of methoxy groups -OCH3 is 1. The molecule has 0 N–H and O–H groups in total. The van der Waals surface area contributed by atoms with E-state index in [2.05, 4.69) is 6.07 Å². The lowest BCUT2D eigenvalue weighted by atomic mass is 10.3. The van der Waals surface area contributed by atoms with Crippen molar-refractivity contribution in [3.05, 3.63) is 16.5 Å². The summed E-state index contributed by atoms with van der Waals surface area (Å²) in [4.78, 5) is 1.01. The Morgan fingerprint density at radius 2 is 2.40 bits per heavy atom. The quantitative estimate of drug-likeness (QED) is 0.617. The molecule has 0 saturated carbocycles. The zero-order chi connectivity index (χ0) is 7.56. The first-order valence-electron chi connectivity index (χ1n) is 2.82. The smallest absolute Gasteiger partial charge is 0.174 e. The second-order valence-corrected chi connectivity index (χ2v) is 3.07. The summed E-state index contributed by atoms with van der Waals surface area (Å²) in [5.41, 5.74) is 0.710. The molecule has 1 rings (SSSR count). The van der Waals surface area contributed by atoms with E-state index in [0.717, 1.165) is 9.94 Å². The van der Waals surface area contributed by atoms with Crippen molar-refractivity contribution in [1.82, 2.24) is 0 Å². The van der Waals surface area contributed by atoms with Gasteiger partial charge in [-0.25, -0.2) is 0 Å². The minimum Gasteiger partial charge on any atom is -0.487 e. The summed E-state index contributed by atoms with van der Waals surface area (Å²) in [7, 11) is 1.60. The highest BCUT2D eigenvalue weighted by Gasteiger charge is 2.02. The van der Waals surface area contributed by atoms with Gasteiger partial charge < -0.3 is 4.74 Å². The molecule has 52 valence electrons. The molecular formula is C7H7NOS. The van der Waals surface area contributed by atoms with E-state index in [1.165, 1.54) is 11.3 Å². The fourth-order valence-corrected chi connectivity index (χ4v) is 1.44. The number of hydrogen-bond donors (Lipinski definition) is 0. The third-order valence-corrected chi connectivity index (χ3v) is 2.23. The molecule has 0 aliphatic rings. The molecule has 0 radical (unpaired) electrons. The van der Waals surface area contributed by atoms with E-state index in [1.807, 2.05) is 6.92 Å². The maximum absolute atomic E-state index is 8.53. The summed E-state index contributed by atoms with van der Waals surface area (Å²) in [5, 5.41) is 9.33. The Balaban J connectivity index is 3.07. The fourth-order valence-electron chi connectivity index (χ4n) is 0.666. The molecule has 1 aromatic heterocycles. The average molecular weight is 153 g/mol. The van der Waals surface area contributed by atoms with Crippen molar-refractivity contribution in [2.75, 3.05) is 7.11 Å². The average Bonchev–Trinajstić information content (AvgIpc) is 2.30. The first-order valence-corrected chi connectivity index (χ1v) is 3.64. The Morgan fingerprint density at radius 1 is 1.70 bits per heavy atom.